The summed E-state index contributed by atoms with van der Waals surface area (Å²) < 4.78 is 5.30. The molecule has 0 saturated heterocycles. The first-order valence-electron chi connectivity index (χ1n) is 6.26. The van der Waals surface area contributed by atoms with Crippen LogP contribution in [0.3, 0.4) is 0 Å². The number of benzene rings is 2. The Bertz CT molecular complexity index is 548. The Balaban J connectivity index is 2.10. The molecule has 19 heavy (non-hydrogen) atoms. The van der Waals surface area contributed by atoms with Gasteiger partial charge in [-0.15, -0.1) is 0 Å². The summed E-state index contributed by atoms with van der Waals surface area (Å²) in [5.41, 5.74) is 1.73. The van der Waals surface area contributed by atoms with Gasteiger partial charge in [-0.25, -0.2) is 4.79 Å². The molecule has 0 aliphatic rings. The normalized spacial score (nSPS) is 11.1. The van der Waals surface area contributed by atoms with Crippen molar-refractivity contribution in [2.24, 2.45) is 0 Å². The van der Waals surface area contributed by atoms with Gasteiger partial charge in [0.15, 0.2) is 0 Å². The fourth-order valence-electron chi connectivity index (χ4n) is 1.71. The summed E-state index contributed by atoms with van der Waals surface area (Å²) in [5.74, 6) is 0.166. The predicted molar refractivity (Wildman–Crippen MR) is 75.4 cm³/mol. The van der Waals surface area contributed by atoms with Crippen LogP contribution in [0.5, 0.6) is 5.75 Å². The first kappa shape index (κ1) is 13.3. The topological polar surface area (TPSA) is 26.3 Å². The van der Waals surface area contributed by atoms with Crippen molar-refractivity contribution in [2.75, 3.05) is 0 Å². The van der Waals surface area contributed by atoms with Gasteiger partial charge in [0.25, 0.3) is 0 Å². The van der Waals surface area contributed by atoms with Crippen LogP contribution in [0, 0.1) is 6.07 Å². The second kappa shape index (κ2) is 5.27. The van der Waals surface area contributed by atoms with Crippen LogP contribution in [0.15, 0.2) is 48.5 Å². The highest BCUT2D eigenvalue weighted by Crippen LogP contribution is 2.24. The van der Waals surface area contributed by atoms with Crippen molar-refractivity contribution >= 4 is 5.97 Å². The van der Waals surface area contributed by atoms with Gasteiger partial charge in [0, 0.05) is 0 Å². The number of hydrogen-bond donors (Lipinski definition) is 0. The highest BCUT2D eigenvalue weighted by atomic mass is 16.5. The van der Waals surface area contributed by atoms with Gasteiger partial charge < -0.3 is 4.74 Å². The molecule has 2 rings (SSSR count). The third-order valence-electron chi connectivity index (χ3n) is 2.86. The van der Waals surface area contributed by atoms with Gasteiger partial charge in [-0.2, -0.15) is 0 Å². The quantitative estimate of drug-likeness (QED) is 0.597. The average Bonchev–Trinajstić information content (AvgIpc) is 2.39. The molecular weight excluding hydrogens is 236 g/mol. The molecule has 2 aromatic rings. The van der Waals surface area contributed by atoms with E-state index in [1.54, 1.807) is 18.2 Å². The molecule has 0 N–H and O–H groups in total. The van der Waals surface area contributed by atoms with Crippen LogP contribution in [0.1, 0.15) is 36.7 Å². The van der Waals surface area contributed by atoms with Gasteiger partial charge in [0.1, 0.15) is 5.75 Å². The van der Waals surface area contributed by atoms with Gasteiger partial charge in [-0.1, -0.05) is 51.1 Å². The van der Waals surface area contributed by atoms with E-state index in [4.69, 9.17) is 4.74 Å². The Morgan fingerprint density at radius 2 is 1.74 bits per heavy atom. The van der Waals surface area contributed by atoms with Gasteiger partial charge >= 0.3 is 5.97 Å². The zero-order chi connectivity index (χ0) is 13.9. The van der Waals surface area contributed by atoms with Crippen molar-refractivity contribution in [1.29, 1.82) is 0 Å². The lowest BCUT2D eigenvalue weighted by molar-refractivity contribution is 0.0734. The first-order valence-corrected chi connectivity index (χ1v) is 6.26. The lowest BCUT2D eigenvalue weighted by Gasteiger charge is -2.18. The van der Waals surface area contributed by atoms with E-state index in [1.807, 2.05) is 30.3 Å². The van der Waals surface area contributed by atoms with Crippen LogP contribution in [0.25, 0.3) is 0 Å². The van der Waals surface area contributed by atoms with Crippen molar-refractivity contribution in [3.8, 4) is 5.75 Å². The van der Waals surface area contributed by atoms with Crippen LogP contribution < -0.4 is 4.74 Å². The molecule has 0 fully saturated rings. The minimum absolute atomic E-state index is 0.0930. The predicted octanol–water partition coefficient (Wildman–Crippen LogP) is 4.00. The number of hydrogen-bond acceptors (Lipinski definition) is 2. The molecular formula is C17H17O2. The molecule has 0 unspecified atom stereocenters. The van der Waals surface area contributed by atoms with Crippen molar-refractivity contribution in [3.05, 3.63) is 65.7 Å². The summed E-state index contributed by atoms with van der Waals surface area (Å²) >= 11 is 0. The van der Waals surface area contributed by atoms with E-state index in [0.29, 0.717) is 11.3 Å². The molecule has 0 bridgehead atoms. The molecule has 97 valence electrons. The highest BCUT2D eigenvalue weighted by molar-refractivity contribution is 5.90. The summed E-state index contributed by atoms with van der Waals surface area (Å²) in [6, 6.07) is 17.4. The second-order valence-corrected chi connectivity index (χ2v) is 5.44. The molecule has 0 heterocycles. The number of carbonyl (C=O) groups is 1. The van der Waals surface area contributed by atoms with E-state index < -0.39 is 0 Å². The van der Waals surface area contributed by atoms with Crippen molar-refractivity contribution in [3.63, 3.8) is 0 Å². The van der Waals surface area contributed by atoms with Gasteiger partial charge in [-0.3, -0.25) is 0 Å². The van der Waals surface area contributed by atoms with E-state index in [-0.39, 0.29) is 11.4 Å². The second-order valence-electron chi connectivity index (χ2n) is 5.44. The minimum atomic E-state index is -0.385. The fraction of sp³-hybridized carbons (Fsp3) is 0.235. The fourth-order valence-corrected chi connectivity index (χ4v) is 1.71. The summed E-state index contributed by atoms with van der Waals surface area (Å²) in [4.78, 5) is 11.8. The molecule has 0 aliphatic carbocycles. The van der Waals surface area contributed by atoms with E-state index in [1.165, 1.54) is 5.56 Å². The van der Waals surface area contributed by atoms with Gasteiger partial charge in [0.05, 0.1) is 5.56 Å². The Kier molecular flexibility index (Phi) is 3.70. The van der Waals surface area contributed by atoms with Crippen molar-refractivity contribution in [1.82, 2.24) is 0 Å². The van der Waals surface area contributed by atoms with Gasteiger partial charge in [-0.05, 0) is 35.2 Å². The molecule has 0 amide bonds. The summed E-state index contributed by atoms with van der Waals surface area (Å²) in [7, 11) is 0. The number of ether oxygens (including phenoxy) is 1. The maximum absolute atomic E-state index is 11.8. The SMILES string of the molecule is CC(C)(C)c1ccc(OC(=O)c2[c]cccc2)cc1. The monoisotopic (exact) mass is 253 g/mol. The maximum Gasteiger partial charge on any atom is 0.344 e. The summed E-state index contributed by atoms with van der Waals surface area (Å²) in [6.07, 6.45) is 0. The van der Waals surface area contributed by atoms with Crippen LogP contribution in [0.4, 0.5) is 0 Å². The van der Waals surface area contributed by atoms with Crippen LogP contribution in [0.2, 0.25) is 0 Å². The maximum atomic E-state index is 11.8. The van der Waals surface area contributed by atoms with Crippen molar-refractivity contribution < 1.29 is 9.53 Å². The number of esters is 1. The third kappa shape index (κ3) is 3.44. The first-order chi connectivity index (χ1) is 8.97. The Morgan fingerprint density at radius 1 is 1.05 bits per heavy atom. The molecule has 0 saturated carbocycles. The number of rotatable bonds is 2. The smallest absolute Gasteiger partial charge is 0.344 e. The summed E-state index contributed by atoms with van der Waals surface area (Å²) in [6.45, 7) is 6.44. The minimum Gasteiger partial charge on any atom is -0.423 e. The zero-order valence-electron chi connectivity index (χ0n) is 11.4. The van der Waals surface area contributed by atoms with Gasteiger partial charge in [0.2, 0.25) is 0 Å². The van der Waals surface area contributed by atoms with E-state index in [9.17, 15) is 4.79 Å². The number of carbonyl (C=O) groups excluding carboxylic acids is 1. The van der Waals surface area contributed by atoms with Crippen LogP contribution in [-0.4, -0.2) is 5.97 Å². The molecule has 0 aliphatic heterocycles. The zero-order valence-corrected chi connectivity index (χ0v) is 11.4. The molecule has 0 spiro atoms. The molecule has 0 atom stereocenters. The molecule has 2 nitrogen and oxygen atoms in total. The van der Waals surface area contributed by atoms with E-state index >= 15 is 0 Å². The molecule has 2 heteroatoms. The summed E-state index contributed by atoms with van der Waals surface area (Å²) in [5, 5.41) is 0. The Hall–Kier alpha value is -2.09. The Labute approximate surface area is 114 Å². The van der Waals surface area contributed by atoms with Crippen LogP contribution in [-0.2, 0) is 5.41 Å². The van der Waals surface area contributed by atoms with Crippen LogP contribution >= 0.6 is 0 Å². The highest BCUT2D eigenvalue weighted by Gasteiger charge is 2.14. The van der Waals surface area contributed by atoms with E-state index in [2.05, 4.69) is 26.8 Å². The standard InChI is InChI=1S/C17H17O2/c1-17(2,3)14-9-11-15(12-10-14)19-16(18)13-7-5-4-6-8-13/h4-7,9-12H,1-3H3. The Morgan fingerprint density at radius 3 is 2.26 bits per heavy atom. The van der Waals surface area contributed by atoms with Crippen molar-refractivity contribution in [2.45, 2.75) is 26.2 Å². The lowest BCUT2D eigenvalue weighted by atomic mass is 9.87. The largest absolute Gasteiger partial charge is 0.423 e. The van der Waals surface area contributed by atoms with E-state index in [0.717, 1.165) is 0 Å². The molecule has 1 radical (unpaired) electrons. The third-order valence-corrected chi connectivity index (χ3v) is 2.86. The lowest BCUT2D eigenvalue weighted by Crippen LogP contribution is -2.11. The molecule has 2 aromatic carbocycles. The molecule has 0 aromatic heterocycles. The average molecular weight is 253 g/mol.